The number of hydrogen-bond acceptors (Lipinski definition) is 5. The van der Waals surface area contributed by atoms with Crippen molar-refractivity contribution in [3.63, 3.8) is 0 Å². The van der Waals surface area contributed by atoms with Crippen molar-refractivity contribution < 1.29 is 19.1 Å². The highest BCUT2D eigenvalue weighted by Crippen LogP contribution is 2.29. The Morgan fingerprint density at radius 1 is 1.11 bits per heavy atom. The van der Waals surface area contributed by atoms with Crippen LogP contribution in [-0.2, 0) is 4.79 Å². The van der Waals surface area contributed by atoms with Crippen molar-refractivity contribution in [2.75, 3.05) is 27.3 Å². The van der Waals surface area contributed by atoms with Crippen LogP contribution in [0, 0.1) is 5.92 Å². The zero-order valence-corrected chi connectivity index (χ0v) is 16.8. The third-order valence-electron chi connectivity index (χ3n) is 5.94. The van der Waals surface area contributed by atoms with Crippen LogP contribution in [0.15, 0.2) is 18.2 Å². The Labute approximate surface area is 166 Å². The van der Waals surface area contributed by atoms with Gasteiger partial charge in [-0.05, 0) is 49.8 Å². The van der Waals surface area contributed by atoms with Crippen molar-refractivity contribution in [3.8, 4) is 11.5 Å². The molecule has 1 heterocycles. The maximum Gasteiger partial charge on any atom is 0.253 e. The summed E-state index contributed by atoms with van der Waals surface area (Å²) >= 11 is 0. The van der Waals surface area contributed by atoms with Crippen molar-refractivity contribution in [1.82, 2.24) is 10.2 Å². The normalized spacial score (nSPS) is 22.8. The number of hydrogen-bond donors (Lipinski definition) is 2. The van der Waals surface area contributed by atoms with Crippen LogP contribution in [0.5, 0.6) is 11.5 Å². The van der Waals surface area contributed by atoms with Gasteiger partial charge in [-0.15, -0.1) is 0 Å². The second-order valence-electron chi connectivity index (χ2n) is 7.76. The number of nitrogens with zero attached hydrogens (tertiary/aromatic N) is 1. The van der Waals surface area contributed by atoms with E-state index in [0.717, 1.165) is 32.1 Å². The molecule has 1 saturated heterocycles. The van der Waals surface area contributed by atoms with Gasteiger partial charge in [0.1, 0.15) is 0 Å². The van der Waals surface area contributed by atoms with Gasteiger partial charge in [0.2, 0.25) is 5.91 Å². The smallest absolute Gasteiger partial charge is 0.253 e. The molecule has 3 rings (SSSR count). The summed E-state index contributed by atoms with van der Waals surface area (Å²) in [5, 5.41) is 3.13. The van der Waals surface area contributed by atoms with Gasteiger partial charge in [0.05, 0.1) is 14.2 Å². The molecule has 0 unspecified atom stereocenters. The van der Waals surface area contributed by atoms with Gasteiger partial charge in [-0.2, -0.15) is 0 Å². The van der Waals surface area contributed by atoms with Gasteiger partial charge in [0, 0.05) is 37.2 Å². The quantitative estimate of drug-likeness (QED) is 0.775. The summed E-state index contributed by atoms with van der Waals surface area (Å²) in [6, 6.07) is 5.49. The van der Waals surface area contributed by atoms with Crippen molar-refractivity contribution in [2.24, 2.45) is 11.7 Å². The predicted molar refractivity (Wildman–Crippen MR) is 107 cm³/mol. The molecule has 1 aromatic carbocycles. The molecule has 2 aliphatic rings. The van der Waals surface area contributed by atoms with Crippen LogP contribution in [0.2, 0.25) is 0 Å². The molecule has 2 atom stereocenters. The number of carbonyl (C=O) groups excluding carboxylic acids is 2. The molecule has 0 aromatic heterocycles. The number of amides is 2. The molecule has 1 aliphatic carbocycles. The molecule has 7 heteroatoms. The number of piperidine rings is 1. The molecule has 0 bridgehead atoms. The maximum atomic E-state index is 12.8. The molecule has 2 amide bonds. The van der Waals surface area contributed by atoms with Gasteiger partial charge in [0.25, 0.3) is 5.91 Å². The van der Waals surface area contributed by atoms with Crippen molar-refractivity contribution in [2.45, 2.75) is 50.6 Å². The number of likely N-dealkylation sites (tertiary alicyclic amines) is 1. The topological polar surface area (TPSA) is 93.9 Å². The highest BCUT2D eigenvalue weighted by Gasteiger charge is 2.29. The first kappa shape index (κ1) is 20.5. The van der Waals surface area contributed by atoms with E-state index < -0.39 is 0 Å². The molecule has 1 aromatic rings. The van der Waals surface area contributed by atoms with E-state index in [1.54, 1.807) is 32.4 Å². The third kappa shape index (κ3) is 4.76. The first-order chi connectivity index (χ1) is 13.5. The maximum absolute atomic E-state index is 12.8. The lowest BCUT2D eigenvalue weighted by atomic mass is 9.98. The van der Waals surface area contributed by atoms with Crippen molar-refractivity contribution in [1.29, 1.82) is 0 Å². The zero-order chi connectivity index (χ0) is 20.1. The fourth-order valence-electron chi connectivity index (χ4n) is 4.22. The van der Waals surface area contributed by atoms with E-state index in [0.29, 0.717) is 42.5 Å². The first-order valence-corrected chi connectivity index (χ1v) is 10.1. The number of rotatable bonds is 6. The SMILES string of the molecule is COc1ccc(C(=O)N2CCC(NC(=O)C[C@@H]3CCC[C@H]3N)CC2)cc1OC. The standard InChI is InChI=1S/C21H31N3O4/c1-27-18-7-6-15(12-19(18)28-2)21(26)24-10-8-16(9-11-24)23-20(25)13-14-4-3-5-17(14)22/h6-7,12,14,16-17H,3-5,8-11,13,22H2,1-2H3,(H,23,25)/t14-,17+/m0/s1. The van der Waals surface area contributed by atoms with Gasteiger partial charge < -0.3 is 25.4 Å². The lowest BCUT2D eigenvalue weighted by molar-refractivity contribution is -0.123. The lowest BCUT2D eigenvalue weighted by Crippen LogP contribution is -2.47. The number of ether oxygens (including phenoxy) is 2. The Kier molecular flexibility index (Phi) is 6.78. The van der Waals surface area contributed by atoms with E-state index >= 15 is 0 Å². The van der Waals surface area contributed by atoms with Crippen LogP contribution < -0.4 is 20.5 Å². The molecule has 2 fully saturated rings. The second kappa shape index (κ2) is 9.28. The van der Waals surface area contributed by atoms with E-state index in [1.807, 2.05) is 4.90 Å². The zero-order valence-electron chi connectivity index (χ0n) is 16.8. The average Bonchev–Trinajstić information content (AvgIpc) is 3.11. The van der Waals surface area contributed by atoms with Crippen LogP contribution in [0.25, 0.3) is 0 Å². The molecular formula is C21H31N3O4. The van der Waals surface area contributed by atoms with Crippen LogP contribution in [0.1, 0.15) is 48.9 Å². The van der Waals surface area contributed by atoms with E-state index in [9.17, 15) is 9.59 Å². The van der Waals surface area contributed by atoms with Crippen molar-refractivity contribution in [3.05, 3.63) is 23.8 Å². The summed E-state index contributed by atoms with van der Waals surface area (Å²) < 4.78 is 10.5. The van der Waals surface area contributed by atoms with E-state index in [2.05, 4.69) is 5.32 Å². The Morgan fingerprint density at radius 2 is 1.82 bits per heavy atom. The van der Waals surface area contributed by atoms with Gasteiger partial charge in [-0.1, -0.05) is 6.42 Å². The van der Waals surface area contributed by atoms with E-state index in [4.69, 9.17) is 15.2 Å². The van der Waals surface area contributed by atoms with E-state index in [-0.39, 0.29) is 23.9 Å². The minimum atomic E-state index is -0.0253. The minimum absolute atomic E-state index is 0.0253. The summed E-state index contributed by atoms with van der Waals surface area (Å²) in [7, 11) is 3.12. The van der Waals surface area contributed by atoms with Gasteiger partial charge >= 0.3 is 0 Å². The van der Waals surface area contributed by atoms with Gasteiger partial charge in [0.15, 0.2) is 11.5 Å². The first-order valence-electron chi connectivity index (χ1n) is 10.1. The highest BCUT2D eigenvalue weighted by atomic mass is 16.5. The summed E-state index contributed by atoms with van der Waals surface area (Å²) in [6.07, 6.45) is 5.24. The molecule has 7 nitrogen and oxygen atoms in total. The fraction of sp³-hybridized carbons (Fsp3) is 0.619. The Hall–Kier alpha value is -2.28. The third-order valence-corrected chi connectivity index (χ3v) is 5.94. The summed E-state index contributed by atoms with van der Waals surface area (Å²) in [4.78, 5) is 26.9. The Morgan fingerprint density at radius 3 is 2.43 bits per heavy atom. The number of benzene rings is 1. The largest absolute Gasteiger partial charge is 0.493 e. The second-order valence-corrected chi connectivity index (χ2v) is 7.76. The average molecular weight is 389 g/mol. The molecule has 1 saturated carbocycles. The summed E-state index contributed by atoms with van der Waals surface area (Å²) in [5.74, 6) is 1.52. The lowest BCUT2D eigenvalue weighted by Gasteiger charge is -2.33. The number of nitrogens with two attached hydrogens (primary N) is 1. The minimum Gasteiger partial charge on any atom is -0.493 e. The number of nitrogens with one attached hydrogen (secondary N) is 1. The van der Waals surface area contributed by atoms with Crippen LogP contribution in [0.3, 0.4) is 0 Å². The molecule has 28 heavy (non-hydrogen) atoms. The highest BCUT2D eigenvalue weighted by molar-refractivity contribution is 5.95. The Balaban J connectivity index is 1.49. The fourth-order valence-corrected chi connectivity index (χ4v) is 4.22. The van der Waals surface area contributed by atoms with Crippen LogP contribution in [-0.4, -0.2) is 56.1 Å². The number of carbonyl (C=O) groups is 2. The molecule has 0 spiro atoms. The molecule has 3 N–H and O–H groups in total. The van der Waals surface area contributed by atoms with E-state index in [1.165, 1.54) is 0 Å². The van der Waals surface area contributed by atoms with Gasteiger partial charge in [-0.3, -0.25) is 9.59 Å². The Bertz CT molecular complexity index is 701. The monoisotopic (exact) mass is 389 g/mol. The number of methoxy groups -OCH3 is 2. The van der Waals surface area contributed by atoms with Crippen molar-refractivity contribution >= 4 is 11.8 Å². The summed E-state index contributed by atoms with van der Waals surface area (Å²) in [6.45, 7) is 1.25. The molecular weight excluding hydrogens is 358 g/mol. The molecule has 0 radical (unpaired) electrons. The van der Waals surface area contributed by atoms with Gasteiger partial charge in [-0.25, -0.2) is 0 Å². The van der Waals surface area contributed by atoms with Crippen LogP contribution >= 0.6 is 0 Å². The van der Waals surface area contributed by atoms with Crippen LogP contribution in [0.4, 0.5) is 0 Å². The summed E-state index contributed by atoms with van der Waals surface area (Å²) in [5.41, 5.74) is 6.64. The molecule has 154 valence electrons. The molecule has 1 aliphatic heterocycles. The predicted octanol–water partition coefficient (Wildman–Crippen LogP) is 1.94.